The predicted molar refractivity (Wildman–Crippen MR) is 54.5 cm³/mol. The first kappa shape index (κ1) is 8.73. The molecule has 1 aliphatic rings. The summed E-state index contributed by atoms with van der Waals surface area (Å²) in [7, 11) is 0. The molecule has 0 saturated heterocycles. The van der Waals surface area contributed by atoms with Gasteiger partial charge in [-0.15, -0.1) is 11.3 Å². The van der Waals surface area contributed by atoms with Gasteiger partial charge in [-0.1, -0.05) is 0 Å². The normalized spacial score (nSPS) is 20.5. The van der Waals surface area contributed by atoms with Crippen LogP contribution in [0.25, 0.3) is 0 Å². The maximum atomic E-state index is 9.86. The number of thiophene rings is 1. The number of aliphatic hydroxyl groups is 1. The van der Waals surface area contributed by atoms with Gasteiger partial charge in [-0.25, -0.2) is 0 Å². The molecule has 1 aromatic rings. The molecule has 1 aromatic heterocycles. The second kappa shape index (κ2) is 3.13. The zero-order valence-corrected chi connectivity index (χ0v) is 9.12. The van der Waals surface area contributed by atoms with E-state index in [1.165, 1.54) is 11.3 Å². The molecule has 0 radical (unpaired) electrons. The Bertz CT molecular complexity index is 278. The van der Waals surface area contributed by atoms with Gasteiger partial charge in [-0.3, -0.25) is 0 Å². The molecule has 1 N–H and O–H groups in total. The van der Waals surface area contributed by atoms with Crippen molar-refractivity contribution >= 4 is 27.3 Å². The number of rotatable bonds is 2. The molecule has 0 aromatic carbocycles. The first-order valence-corrected chi connectivity index (χ1v) is 5.76. The molecule has 3 heteroatoms. The Morgan fingerprint density at radius 3 is 2.67 bits per heavy atom. The molecule has 66 valence electrons. The zero-order chi connectivity index (χ0) is 8.60. The van der Waals surface area contributed by atoms with Gasteiger partial charge in [0.05, 0.1) is 9.39 Å². The fourth-order valence-corrected chi connectivity index (χ4v) is 3.15. The third kappa shape index (κ3) is 1.73. The van der Waals surface area contributed by atoms with Crippen LogP contribution in [-0.2, 0) is 6.42 Å². The van der Waals surface area contributed by atoms with Gasteiger partial charge < -0.3 is 5.11 Å². The lowest BCUT2D eigenvalue weighted by Crippen LogP contribution is -2.38. The van der Waals surface area contributed by atoms with E-state index in [1.54, 1.807) is 11.3 Å². The van der Waals surface area contributed by atoms with Crippen LogP contribution in [0.15, 0.2) is 15.9 Å². The third-order valence-corrected chi connectivity index (χ3v) is 4.04. The van der Waals surface area contributed by atoms with E-state index < -0.39 is 0 Å². The van der Waals surface area contributed by atoms with E-state index in [1.807, 2.05) is 6.07 Å². The summed E-state index contributed by atoms with van der Waals surface area (Å²) in [6.45, 7) is 0. The van der Waals surface area contributed by atoms with Crippen molar-refractivity contribution in [3.05, 3.63) is 20.8 Å². The molecule has 0 unspecified atom stereocenters. The first-order chi connectivity index (χ1) is 5.68. The Balaban J connectivity index is 2.03. The van der Waals surface area contributed by atoms with Gasteiger partial charge in [0.2, 0.25) is 0 Å². The maximum absolute atomic E-state index is 9.86. The molecule has 0 bridgehead atoms. The molecular weight excluding hydrogens is 236 g/mol. The highest BCUT2D eigenvalue weighted by Gasteiger charge is 2.34. The SMILES string of the molecule is OC1(Cc2ccc(Br)s2)CCC1. The van der Waals surface area contributed by atoms with Crippen LogP contribution in [0, 0.1) is 0 Å². The summed E-state index contributed by atoms with van der Waals surface area (Å²) in [6, 6.07) is 4.13. The average molecular weight is 247 g/mol. The molecule has 0 aliphatic heterocycles. The lowest BCUT2D eigenvalue weighted by molar-refractivity contribution is -0.0316. The predicted octanol–water partition coefficient (Wildman–Crippen LogP) is 2.97. The summed E-state index contributed by atoms with van der Waals surface area (Å²) < 4.78 is 1.15. The van der Waals surface area contributed by atoms with Crippen LogP contribution in [0.2, 0.25) is 0 Å². The highest BCUT2D eigenvalue weighted by molar-refractivity contribution is 9.11. The molecule has 2 rings (SSSR count). The second-order valence-corrected chi connectivity index (χ2v) is 6.01. The van der Waals surface area contributed by atoms with Crippen LogP contribution in [-0.4, -0.2) is 10.7 Å². The van der Waals surface area contributed by atoms with E-state index >= 15 is 0 Å². The smallest absolute Gasteiger partial charge is 0.0701 e. The minimum absolute atomic E-state index is 0.371. The van der Waals surface area contributed by atoms with Gasteiger partial charge in [0.1, 0.15) is 0 Å². The second-order valence-electron chi connectivity index (χ2n) is 3.46. The van der Waals surface area contributed by atoms with Gasteiger partial charge in [0.15, 0.2) is 0 Å². The summed E-state index contributed by atoms with van der Waals surface area (Å²) in [4.78, 5) is 1.28. The summed E-state index contributed by atoms with van der Waals surface area (Å²) >= 11 is 5.14. The number of hydrogen-bond acceptors (Lipinski definition) is 2. The summed E-state index contributed by atoms with van der Waals surface area (Å²) in [5.41, 5.74) is -0.371. The van der Waals surface area contributed by atoms with Gasteiger partial charge in [0.25, 0.3) is 0 Å². The van der Waals surface area contributed by atoms with E-state index in [2.05, 4.69) is 22.0 Å². The number of hydrogen-bond donors (Lipinski definition) is 1. The Labute approximate surface area is 84.6 Å². The van der Waals surface area contributed by atoms with Gasteiger partial charge in [0, 0.05) is 11.3 Å². The van der Waals surface area contributed by atoms with E-state index in [9.17, 15) is 5.11 Å². The van der Waals surface area contributed by atoms with Crippen molar-refractivity contribution in [1.82, 2.24) is 0 Å². The summed E-state index contributed by atoms with van der Waals surface area (Å²) in [5.74, 6) is 0. The summed E-state index contributed by atoms with van der Waals surface area (Å²) in [5, 5.41) is 9.86. The van der Waals surface area contributed by atoms with Gasteiger partial charge >= 0.3 is 0 Å². The minimum Gasteiger partial charge on any atom is -0.390 e. The van der Waals surface area contributed by atoms with Crippen molar-refractivity contribution in [1.29, 1.82) is 0 Å². The molecular formula is C9H11BrOS. The highest BCUT2D eigenvalue weighted by atomic mass is 79.9. The van der Waals surface area contributed by atoms with Crippen LogP contribution in [0.5, 0.6) is 0 Å². The van der Waals surface area contributed by atoms with E-state index in [-0.39, 0.29) is 5.60 Å². The monoisotopic (exact) mass is 246 g/mol. The van der Waals surface area contributed by atoms with E-state index in [4.69, 9.17) is 0 Å². The summed E-state index contributed by atoms with van der Waals surface area (Å²) in [6.07, 6.45) is 3.97. The highest BCUT2D eigenvalue weighted by Crippen LogP contribution is 2.36. The quantitative estimate of drug-likeness (QED) is 0.851. The Morgan fingerprint density at radius 1 is 1.50 bits per heavy atom. The Hall–Kier alpha value is 0.140. The maximum Gasteiger partial charge on any atom is 0.0701 e. The lowest BCUT2D eigenvalue weighted by atomic mass is 9.77. The van der Waals surface area contributed by atoms with Crippen LogP contribution in [0.3, 0.4) is 0 Å². The van der Waals surface area contributed by atoms with Crippen LogP contribution < -0.4 is 0 Å². The largest absolute Gasteiger partial charge is 0.390 e. The van der Waals surface area contributed by atoms with Gasteiger partial charge in [-0.2, -0.15) is 0 Å². The van der Waals surface area contributed by atoms with Crippen LogP contribution >= 0.6 is 27.3 Å². The fraction of sp³-hybridized carbons (Fsp3) is 0.556. The molecule has 1 heterocycles. The molecule has 1 nitrogen and oxygen atoms in total. The third-order valence-electron chi connectivity index (χ3n) is 2.42. The molecule has 1 fully saturated rings. The minimum atomic E-state index is -0.371. The van der Waals surface area contributed by atoms with Crippen molar-refractivity contribution in [2.45, 2.75) is 31.3 Å². The topological polar surface area (TPSA) is 20.2 Å². The van der Waals surface area contributed by atoms with Crippen LogP contribution in [0.1, 0.15) is 24.1 Å². The Kier molecular flexibility index (Phi) is 2.27. The molecule has 0 amide bonds. The van der Waals surface area contributed by atoms with Crippen molar-refractivity contribution < 1.29 is 5.11 Å². The standard InChI is InChI=1S/C9H11BrOS/c10-8-3-2-7(12-8)6-9(11)4-1-5-9/h2-3,11H,1,4-6H2. The van der Waals surface area contributed by atoms with Crippen molar-refractivity contribution in [3.8, 4) is 0 Å². The molecule has 0 spiro atoms. The zero-order valence-electron chi connectivity index (χ0n) is 6.72. The Morgan fingerprint density at radius 2 is 2.25 bits per heavy atom. The average Bonchev–Trinajstić information content (AvgIpc) is 2.32. The molecule has 12 heavy (non-hydrogen) atoms. The van der Waals surface area contributed by atoms with Crippen molar-refractivity contribution in [2.75, 3.05) is 0 Å². The molecule has 1 saturated carbocycles. The number of halogens is 1. The lowest BCUT2D eigenvalue weighted by Gasteiger charge is -2.36. The molecule has 0 atom stereocenters. The van der Waals surface area contributed by atoms with Gasteiger partial charge in [-0.05, 0) is 47.3 Å². The van der Waals surface area contributed by atoms with E-state index in [0.717, 1.165) is 23.0 Å². The van der Waals surface area contributed by atoms with E-state index in [0.29, 0.717) is 0 Å². The first-order valence-electron chi connectivity index (χ1n) is 4.15. The van der Waals surface area contributed by atoms with Crippen molar-refractivity contribution in [2.24, 2.45) is 0 Å². The fourth-order valence-electron chi connectivity index (χ4n) is 1.53. The molecule has 1 aliphatic carbocycles. The van der Waals surface area contributed by atoms with Crippen molar-refractivity contribution in [3.63, 3.8) is 0 Å². The van der Waals surface area contributed by atoms with Crippen LogP contribution in [0.4, 0.5) is 0 Å².